The van der Waals surface area contributed by atoms with Gasteiger partial charge in [0.05, 0.1) is 24.2 Å². The summed E-state index contributed by atoms with van der Waals surface area (Å²) in [6.07, 6.45) is 5.39. The molecule has 1 saturated heterocycles. The van der Waals surface area contributed by atoms with Gasteiger partial charge >= 0.3 is 0 Å². The molecule has 0 radical (unpaired) electrons. The number of carbonyl (C=O) groups is 2. The fraction of sp³-hybridized carbons (Fsp3) is 0.391. The summed E-state index contributed by atoms with van der Waals surface area (Å²) in [5.41, 5.74) is 8.06. The third kappa shape index (κ3) is 3.12. The smallest absolute Gasteiger partial charge is 0.261 e. The maximum absolute atomic E-state index is 13.2. The normalized spacial score (nSPS) is 27.2. The predicted octanol–water partition coefficient (Wildman–Crippen LogP) is 0.835. The van der Waals surface area contributed by atoms with Crippen LogP contribution in [0.4, 0.5) is 11.4 Å². The molecular formula is C23H24N6O4. The molecule has 1 aliphatic carbocycles. The summed E-state index contributed by atoms with van der Waals surface area (Å²) in [7, 11) is 0. The molecular weight excluding hydrogens is 424 g/mol. The monoisotopic (exact) mass is 448 g/mol. The van der Waals surface area contributed by atoms with Crippen molar-refractivity contribution in [2.45, 2.75) is 18.9 Å². The highest BCUT2D eigenvalue weighted by Crippen LogP contribution is 2.54. The number of benzene rings is 1. The van der Waals surface area contributed by atoms with Crippen LogP contribution in [-0.4, -0.2) is 56.8 Å². The number of aliphatic hydroxyl groups is 1. The minimum Gasteiger partial charge on any atom is -0.484 e. The van der Waals surface area contributed by atoms with Gasteiger partial charge in [-0.1, -0.05) is 0 Å². The topological polar surface area (TPSA) is 135 Å². The molecule has 2 aromatic heterocycles. The molecule has 4 atom stereocenters. The van der Waals surface area contributed by atoms with Gasteiger partial charge in [-0.05, 0) is 30.9 Å². The van der Waals surface area contributed by atoms with Gasteiger partial charge in [-0.25, -0.2) is 9.50 Å². The van der Waals surface area contributed by atoms with E-state index in [1.165, 1.54) is 6.20 Å². The van der Waals surface area contributed by atoms with E-state index >= 15 is 0 Å². The molecule has 0 bridgehead atoms. The molecule has 1 unspecified atom stereocenters. The van der Waals surface area contributed by atoms with Crippen molar-refractivity contribution in [3.63, 3.8) is 0 Å². The number of nitrogens with two attached hydrogens (primary N) is 1. The van der Waals surface area contributed by atoms with Crippen LogP contribution in [0.5, 0.6) is 5.75 Å². The predicted molar refractivity (Wildman–Crippen MR) is 119 cm³/mol. The molecule has 6 rings (SSSR count). The highest BCUT2D eigenvalue weighted by molar-refractivity contribution is 6.09. The lowest BCUT2D eigenvalue weighted by atomic mass is 9.99. The van der Waals surface area contributed by atoms with E-state index in [9.17, 15) is 14.7 Å². The number of aromatic nitrogens is 3. The number of hydrogen-bond acceptors (Lipinski definition) is 7. The molecule has 1 aromatic carbocycles. The molecule has 10 heteroatoms. The summed E-state index contributed by atoms with van der Waals surface area (Å²) in [5.74, 6) is 0.568. The molecule has 33 heavy (non-hydrogen) atoms. The lowest BCUT2D eigenvalue weighted by Crippen LogP contribution is -2.34. The second-order valence-electron chi connectivity index (χ2n) is 9.43. The molecule has 2 fully saturated rings. The van der Waals surface area contributed by atoms with Gasteiger partial charge in [0.2, 0.25) is 5.91 Å². The Morgan fingerprint density at radius 3 is 2.85 bits per heavy atom. The summed E-state index contributed by atoms with van der Waals surface area (Å²) in [5, 5.41) is 17.0. The summed E-state index contributed by atoms with van der Waals surface area (Å²) in [4.78, 5) is 31.2. The summed E-state index contributed by atoms with van der Waals surface area (Å²) >= 11 is 0. The third-order valence-corrected chi connectivity index (χ3v) is 7.07. The van der Waals surface area contributed by atoms with Crippen molar-refractivity contribution in [2.75, 3.05) is 29.9 Å². The Labute approximate surface area is 189 Å². The second kappa shape index (κ2) is 6.92. The summed E-state index contributed by atoms with van der Waals surface area (Å²) < 4.78 is 7.60. The van der Waals surface area contributed by atoms with Gasteiger partial charge in [0.15, 0.2) is 5.65 Å². The van der Waals surface area contributed by atoms with Gasteiger partial charge in [0, 0.05) is 49.5 Å². The van der Waals surface area contributed by atoms with Crippen molar-refractivity contribution in [2.24, 2.45) is 23.5 Å². The second-order valence-corrected chi connectivity index (χ2v) is 9.43. The lowest BCUT2D eigenvalue weighted by molar-refractivity contribution is -0.119. The Morgan fingerprint density at radius 2 is 2.12 bits per heavy atom. The van der Waals surface area contributed by atoms with E-state index in [-0.39, 0.29) is 36.2 Å². The number of fused-ring (bicyclic) bond motifs is 3. The number of primary amides is 1. The zero-order chi connectivity index (χ0) is 22.9. The number of carbonyl (C=O) groups excluding carboxylic acids is 2. The number of hydrogen-bond donors (Lipinski definition) is 3. The van der Waals surface area contributed by atoms with Crippen LogP contribution < -0.4 is 20.7 Å². The quantitative estimate of drug-likeness (QED) is 0.526. The minimum atomic E-state index is -0.696. The SMILES string of the molecule is C[C@@]1(CO)Cc2cc(NC(=O)c3cnn4cccnc34)c(N3C[C@@H]4C(C(N)=O)[C@@H]4C3)cc2O1. The van der Waals surface area contributed by atoms with Crippen LogP contribution in [0.3, 0.4) is 0 Å². The van der Waals surface area contributed by atoms with Gasteiger partial charge in [-0.15, -0.1) is 0 Å². The minimum absolute atomic E-state index is 0.0625. The van der Waals surface area contributed by atoms with Gasteiger partial charge in [0.1, 0.15) is 16.9 Å². The number of rotatable bonds is 5. The fourth-order valence-electron chi connectivity index (χ4n) is 5.32. The van der Waals surface area contributed by atoms with Crippen LogP contribution in [-0.2, 0) is 11.2 Å². The standard InChI is InChI=1S/C23H24N6O4/c1-23(11-30)7-12-5-16(27-22(32)13-8-26-29-4-2-3-25-21(13)29)17(6-18(12)33-23)28-9-14-15(10-28)19(14)20(24)31/h2-6,8,14-15,19,30H,7,9-11H2,1H3,(H2,24,31)(H,27,32)/t14-,15+,19?,23-/m0/s1. The van der Waals surface area contributed by atoms with Crippen LogP contribution >= 0.6 is 0 Å². The first-order chi connectivity index (χ1) is 15.9. The van der Waals surface area contributed by atoms with E-state index in [0.717, 1.165) is 11.3 Å². The number of piperidine rings is 1. The van der Waals surface area contributed by atoms with E-state index in [1.54, 1.807) is 23.0 Å². The summed E-state index contributed by atoms with van der Waals surface area (Å²) in [6.45, 7) is 3.13. The highest BCUT2D eigenvalue weighted by atomic mass is 16.5. The molecule has 4 heterocycles. The lowest BCUT2D eigenvalue weighted by Gasteiger charge is -2.25. The Kier molecular flexibility index (Phi) is 4.19. The molecule has 1 saturated carbocycles. The number of ether oxygens (including phenoxy) is 1. The molecule has 170 valence electrons. The number of nitrogens with zero attached hydrogens (tertiary/aromatic N) is 4. The first-order valence-corrected chi connectivity index (χ1v) is 11.0. The van der Waals surface area contributed by atoms with Crippen LogP contribution in [0.25, 0.3) is 5.65 Å². The Balaban J connectivity index is 1.34. The number of nitrogens with one attached hydrogen (secondary N) is 1. The molecule has 2 amide bonds. The maximum Gasteiger partial charge on any atom is 0.261 e. The van der Waals surface area contributed by atoms with Crippen molar-refractivity contribution in [3.05, 3.63) is 47.9 Å². The largest absolute Gasteiger partial charge is 0.484 e. The highest BCUT2D eigenvalue weighted by Gasteiger charge is 2.59. The van der Waals surface area contributed by atoms with E-state index < -0.39 is 5.60 Å². The number of aliphatic hydroxyl groups excluding tert-OH is 1. The molecule has 0 spiro atoms. The first-order valence-electron chi connectivity index (χ1n) is 11.0. The van der Waals surface area contributed by atoms with Gasteiger partial charge in [-0.3, -0.25) is 9.59 Å². The van der Waals surface area contributed by atoms with Crippen LogP contribution in [0, 0.1) is 17.8 Å². The van der Waals surface area contributed by atoms with Crippen LogP contribution in [0.15, 0.2) is 36.8 Å². The Morgan fingerprint density at radius 1 is 1.33 bits per heavy atom. The molecule has 10 nitrogen and oxygen atoms in total. The first kappa shape index (κ1) is 20.0. The van der Waals surface area contributed by atoms with E-state index in [4.69, 9.17) is 10.5 Å². The molecule has 4 N–H and O–H groups in total. The van der Waals surface area contributed by atoms with E-state index in [0.29, 0.717) is 42.2 Å². The average Bonchev–Trinajstić information content (AvgIpc) is 3.15. The zero-order valence-corrected chi connectivity index (χ0v) is 18.1. The molecule has 3 aliphatic rings. The van der Waals surface area contributed by atoms with Crippen molar-refractivity contribution >= 4 is 28.8 Å². The van der Waals surface area contributed by atoms with Crippen molar-refractivity contribution < 1.29 is 19.4 Å². The summed E-state index contributed by atoms with van der Waals surface area (Å²) in [6, 6.07) is 5.58. The molecule has 3 aromatic rings. The maximum atomic E-state index is 13.2. The van der Waals surface area contributed by atoms with Gasteiger partial charge in [-0.2, -0.15) is 5.10 Å². The number of amides is 2. The van der Waals surface area contributed by atoms with Gasteiger partial charge < -0.3 is 25.8 Å². The average molecular weight is 448 g/mol. The molecule has 2 aliphatic heterocycles. The van der Waals surface area contributed by atoms with Crippen LogP contribution in [0.1, 0.15) is 22.8 Å². The van der Waals surface area contributed by atoms with E-state index in [1.807, 2.05) is 19.1 Å². The number of anilines is 2. The van der Waals surface area contributed by atoms with Crippen molar-refractivity contribution in [3.8, 4) is 5.75 Å². The fourth-order valence-corrected chi connectivity index (χ4v) is 5.32. The Bertz CT molecular complexity index is 1290. The zero-order valence-electron chi connectivity index (χ0n) is 18.1. The van der Waals surface area contributed by atoms with Gasteiger partial charge in [0.25, 0.3) is 5.91 Å². The van der Waals surface area contributed by atoms with Crippen LogP contribution in [0.2, 0.25) is 0 Å². The van der Waals surface area contributed by atoms with Crippen molar-refractivity contribution in [1.29, 1.82) is 0 Å². The van der Waals surface area contributed by atoms with Crippen molar-refractivity contribution in [1.82, 2.24) is 14.6 Å². The third-order valence-electron chi connectivity index (χ3n) is 7.07. The Hall–Kier alpha value is -3.66. The van der Waals surface area contributed by atoms with E-state index in [2.05, 4.69) is 20.3 Å².